The molecular weight excluding hydrogens is 264 g/mol. The van der Waals surface area contributed by atoms with E-state index in [1.54, 1.807) is 6.92 Å². The van der Waals surface area contributed by atoms with Crippen molar-refractivity contribution in [2.24, 2.45) is 5.73 Å². The van der Waals surface area contributed by atoms with E-state index < -0.39 is 5.97 Å². The lowest BCUT2D eigenvalue weighted by Gasteiger charge is -1.98. The summed E-state index contributed by atoms with van der Waals surface area (Å²) in [4.78, 5) is 15.7. The maximum absolute atomic E-state index is 11.6. The highest BCUT2D eigenvalue weighted by Gasteiger charge is 2.19. The van der Waals surface area contributed by atoms with Gasteiger partial charge in [-0.2, -0.15) is 0 Å². The van der Waals surface area contributed by atoms with Crippen LogP contribution < -0.4 is 5.73 Å². The number of esters is 1. The van der Waals surface area contributed by atoms with Crippen LogP contribution in [-0.2, 0) is 11.3 Å². The molecule has 1 aromatic heterocycles. The normalized spacial score (nSPS) is 10.4. The fourth-order valence-corrected chi connectivity index (χ4v) is 2.41. The number of aromatic hydroxyl groups is 1. The fourth-order valence-electron chi connectivity index (χ4n) is 1.55. The number of ether oxygens (including phenoxy) is 1. The summed E-state index contributed by atoms with van der Waals surface area (Å²) in [7, 11) is 0. The van der Waals surface area contributed by atoms with Crippen molar-refractivity contribution >= 4 is 17.3 Å². The molecule has 0 fully saturated rings. The van der Waals surface area contributed by atoms with Crippen molar-refractivity contribution < 1.29 is 14.6 Å². The molecular formula is C13H14N2O3S. The summed E-state index contributed by atoms with van der Waals surface area (Å²) in [6.07, 6.45) is 0. The maximum Gasteiger partial charge on any atom is 0.353 e. The highest BCUT2D eigenvalue weighted by atomic mass is 32.1. The van der Waals surface area contributed by atoms with Gasteiger partial charge in [0.2, 0.25) is 5.88 Å². The maximum atomic E-state index is 11.6. The molecule has 0 atom stereocenters. The SMILES string of the molecule is CCOC(=O)c1sc(-c2ccc(CN)cc2)nc1O. The Morgan fingerprint density at radius 2 is 2.11 bits per heavy atom. The molecule has 2 aromatic rings. The Kier molecular flexibility index (Phi) is 4.13. The molecule has 1 heterocycles. The third-order valence-corrected chi connectivity index (χ3v) is 3.58. The number of nitrogens with zero attached hydrogens (tertiary/aromatic N) is 1. The Hall–Kier alpha value is -1.92. The van der Waals surface area contributed by atoms with Crippen LogP contribution in [-0.4, -0.2) is 22.7 Å². The van der Waals surface area contributed by atoms with Gasteiger partial charge >= 0.3 is 5.97 Å². The van der Waals surface area contributed by atoms with Crippen molar-refractivity contribution in [2.75, 3.05) is 6.61 Å². The summed E-state index contributed by atoms with van der Waals surface area (Å²) in [5.41, 5.74) is 7.36. The lowest BCUT2D eigenvalue weighted by molar-refractivity contribution is 0.0528. The summed E-state index contributed by atoms with van der Waals surface area (Å²) < 4.78 is 4.85. The van der Waals surface area contributed by atoms with Crippen LogP contribution in [0.25, 0.3) is 10.6 Å². The average Bonchev–Trinajstić information content (AvgIpc) is 2.81. The molecule has 19 heavy (non-hydrogen) atoms. The Balaban J connectivity index is 2.30. The summed E-state index contributed by atoms with van der Waals surface area (Å²) in [5.74, 6) is -0.844. The third-order valence-electron chi connectivity index (χ3n) is 2.51. The van der Waals surface area contributed by atoms with E-state index in [0.717, 1.165) is 22.5 Å². The summed E-state index contributed by atoms with van der Waals surface area (Å²) in [5, 5.41) is 10.2. The second-order valence-corrected chi connectivity index (χ2v) is 4.79. The number of aromatic nitrogens is 1. The van der Waals surface area contributed by atoms with Crippen molar-refractivity contribution in [3.05, 3.63) is 34.7 Å². The zero-order chi connectivity index (χ0) is 13.8. The molecule has 100 valence electrons. The summed E-state index contributed by atoms with van der Waals surface area (Å²) in [6, 6.07) is 7.49. The zero-order valence-electron chi connectivity index (χ0n) is 10.4. The van der Waals surface area contributed by atoms with Crippen LogP contribution in [0.3, 0.4) is 0 Å². The molecule has 2 rings (SSSR count). The number of thiazole rings is 1. The van der Waals surface area contributed by atoms with Crippen molar-refractivity contribution in [1.29, 1.82) is 0 Å². The van der Waals surface area contributed by atoms with E-state index in [1.165, 1.54) is 0 Å². The minimum Gasteiger partial charge on any atom is -0.492 e. The largest absolute Gasteiger partial charge is 0.492 e. The first kappa shape index (κ1) is 13.5. The van der Waals surface area contributed by atoms with E-state index in [2.05, 4.69) is 4.98 Å². The number of hydrogen-bond acceptors (Lipinski definition) is 6. The molecule has 0 radical (unpaired) electrons. The van der Waals surface area contributed by atoms with Gasteiger partial charge in [0.1, 0.15) is 5.01 Å². The molecule has 0 unspecified atom stereocenters. The first-order valence-corrected chi connectivity index (χ1v) is 6.63. The summed E-state index contributed by atoms with van der Waals surface area (Å²) >= 11 is 1.11. The molecule has 1 aromatic carbocycles. The molecule has 0 saturated carbocycles. The summed E-state index contributed by atoms with van der Waals surface area (Å²) in [6.45, 7) is 2.44. The average molecular weight is 278 g/mol. The fraction of sp³-hybridized carbons (Fsp3) is 0.231. The second-order valence-electron chi connectivity index (χ2n) is 3.79. The van der Waals surface area contributed by atoms with Gasteiger partial charge in [0, 0.05) is 12.1 Å². The van der Waals surface area contributed by atoms with Crippen molar-refractivity contribution in [1.82, 2.24) is 4.98 Å². The van der Waals surface area contributed by atoms with E-state index in [9.17, 15) is 9.90 Å². The number of hydrogen-bond donors (Lipinski definition) is 2. The van der Waals surface area contributed by atoms with E-state index in [0.29, 0.717) is 11.6 Å². The minimum absolute atomic E-state index is 0.125. The van der Waals surface area contributed by atoms with E-state index in [-0.39, 0.29) is 17.4 Å². The quantitative estimate of drug-likeness (QED) is 0.837. The topological polar surface area (TPSA) is 85.4 Å². The first-order chi connectivity index (χ1) is 9.15. The second kappa shape index (κ2) is 5.81. The molecule has 0 aliphatic heterocycles. The van der Waals surface area contributed by atoms with E-state index in [1.807, 2.05) is 24.3 Å². The molecule has 0 bridgehead atoms. The molecule has 0 aliphatic rings. The predicted molar refractivity (Wildman–Crippen MR) is 73.1 cm³/mol. The van der Waals surface area contributed by atoms with Crippen LogP contribution >= 0.6 is 11.3 Å². The molecule has 0 amide bonds. The lowest BCUT2D eigenvalue weighted by Crippen LogP contribution is -2.02. The Labute approximate surface area is 114 Å². The number of benzene rings is 1. The number of nitrogens with two attached hydrogens (primary N) is 1. The molecule has 0 aliphatic carbocycles. The zero-order valence-corrected chi connectivity index (χ0v) is 11.2. The minimum atomic E-state index is -0.553. The van der Waals surface area contributed by atoms with Crippen LogP contribution in [0.1, 0.15) is 22.2 Å². The van der Waals surface area contributed by atoms with Gasteiger partial charge in [-0.05, 0) is 12.5 Å². The monoisotopic (exact) mass is 278 g/mol. The van der Waals surface area contributed by atoms with Gasteiger partial charge in [-0.3, -0.25) is 0 Å². The Morgan fingerprint density at radius 3 is 2.68 bits per heavy atom. The first-order valence-electron chi connectivity index (χ1n) is 5.82. The van der Waals surface area contributed by atoms with Crippen LogP contribution in [0.15, 0.2) is 24.3 Å². The lowest BCUT2D eigenvalue weighted by atomic mass is 10.1. The molecule has 0 spiro atoms. The smallest absolute Gasteiger partial charge is 0.353 e. The van der Waals surface area contributed by atoms with Crippen LogP contribution in [0, 0.1) is 0 Å². The van der Waals surface area contributed by atoms with Gasteiger partial charge in [-0.25, -0.2) is 9.78 Å². The van der Waals surface area contributed by atoms with Gasteiger partial charge in [-0.1, -0.05) is 24.3 Å². The molecule has 5 nitrogen and oxygen atoms in total. The van der Waals surface area contributed by atoms with Gasteiger partial charge < -0.3 is 15.6 Å². The van der Waals surface area contributed by atoms with Gasteiger partial charge in [0.05, 0.1) is 6.61 Å². The Bertz CT molecular complexity index is 578. The van der Waals surface area contributed by atoms with Crippen LogP contribution in [0.2, 0.25) is 0 Å². The van der Waals surface area contributed by atoms with Gasteiger partial charge in [-0.15, -0.1) is 11.3 Å². The molecule has 3 N–H and O–H groups in total. The van der Waals surface area contributed by atoms with Crippen LogP contribution in [0.4, 0.5) is 0 Å². The van der Waals surface area contributed by atoms with E-state index >= 15 is 0 Å². The highest BCUT2D eigenvalue weighted by molar-refractivity contribution is 7.17. The van der Waals surface area contributed by atoms with E-state index in [4.69, 9.17) is 10.5 Å². The van der Waals surface area contributed by atoms with Crippen molar-refractivity contribution in [3.63, 3.8) is 0 Å². The highest BCUT2D eigenvalue weighted by Crippen LogP contribution is 2.32. The standard InChI is InChI=1S/C13H14N2O3S/c1-2-18-13(17)10-11(16)15-12(19-10)9-5-3-8(7-14)4-6-9/h3-6,16H,2,7,14H2,1H3. The third kappa shape index (κ3) is 2.91. The van der Waals surface area contributed by atoms with Crippen molar-refractivity contribution in [3.8, 4) is 16.5 Å². The number of rotatable bonds is 4. The van der Waals surface area contributed by atoms with Gasteiger partial charge in [0.15, 0.2) is 4.88 Å². The van der Waals surface area contributed by atoms with Crippen molar-refractivity contribution in [2.45, 2.75) is 13.5 Å². The van der Waals surface area contributed by atoms with Gasteiger partial charge in [0.25, 0.3) is 0 Å². The number of carbonyl (C=O) groups excluding carboxylic acids is 1. The predicted octanol–water partition coefficient (Wildman–Crippen LogP) is 2.15. The Morgan fingerprint density at radius 1 is 1.42 bits per heavy atom. The van der Waals surface area contributed by atoms with Crippen LogP contribution in [0.5, 0.6) is 5.88 Å². The number of carbonyl (C=O) groups is 1. The molecule has 0 saturated heterocycles. The molecule has 6 heteroatoms.